The zero-order valence-electron chi connectivity index (χ0n) is 22.7. The largest absolute Gasteiger partial charge is 0.466 e. The molecule has 4 atom stereocenters. The molecule has 0 fully saturated rings. The number of hydrogen-bond acceptors (Lipinski definition) is 7. The number of ether oxygens (including phenoxy) is 1. The van der Waals surface area contributed by atoms with Crippen molar-refractivity contribution < 1.29 is 19.4 Å². The number of carbonyl (C=O) groups excluding carboxylic acids is 2. The van der Waals surface area contributed by atoms with Crippen LogP contribution in [0.4, 0.5) is 5.69 Å². The fourth-order valence-corrected chi connectivity index (χ4v) is 4.35. The number of anilines is 1. The number of hydrazine groups is 1. The SMILES string of the molecule is CC.CCC(C)/C(C(=O)OC)=C(\CC(C)C(C(C)=O)C(C)O)c1cc(Cl)cc(N(N)/C=C\NC)c1. The lowest BCUT2D eigenvalue weighted by atomic mass is 9.78. The summed E-state index contributed by atoms with van der Waals surface area (Å²) in [5.74, 6) is 4.73. The fourth-order valence-electron chi connectivity index (χ4n) is 4.12. The average molecular weight is 510 g/mol. The highest BCUT2D eigenvalue weighted by Gasteiger charge is 2.30. The van der Waals surface area contributed by atoms with Crippen molar-refractivity contribution in [3.8, 4) is 0 Å². The van der Waals surface area contributed by atoms with Crippen LogP contribution in [0.15, 0.2) is 36.2 Å². The number of ketones is 1. The summed E-state index contributed by atoms with van der Waals surface area (Å²) in [4.78, 5) is 25.2. The summed E-state index contributed by atoms with van der Waals surface area (Å²) in [6, 6.07) is 5.35. The standard InChI is InChI=1S/C25H38ClN3O4.C2H6/c1-8-15(2)24(25(32)33-7)22(11-16(3)23(17(4)30)18(5)31)19-12-20(26)14-21(13-19)29(27)10-9-28-6;1-2/h9-10,12-17,23,28,30H,8,11,27H2,1-7H3;1-2H3/b10-9-,24-22-;. The zero-order valence-corrected chi connectivity index (χ0v) is 23.4. The number of hydrogen-bond donors (Lipinski definition) is 3. The molecule has 0 aliphatic carbocycles. The number of nitrogens with one attached hydrogen (secondary N) is 1. The lowest BCUT2D eigenvalue weighted by Gasteiger charge is -2.28. The second-order valence-corrected chi connectivity index (χ2v) is 8.90. The van der Waals surface area contributed by atoms with E-state index in [-0.39, 0.29) is 17.6 Å². The van der Waals surface area contributed by atoms with Gasteiger partial charge in [0.05, 0.1) is 18.9 Å². The molecule has 0 aliphatic heterocycles. The van der Waals surface area contributed by atoms with Crippen molar-refractivity contribution in [1.29, 1.82) is 0 Å². The molecule has 0 radical (unpaired) electrons. The number of nitrogens with two attached hydrogens (primary N) is 1. The topological polar surface area (TPSA) is 105 Å². The highest BCUT2D eigenvalue weighted by molar-refractivity contribution is 6.31. The summed E-state index contributed by atoms with van der Waals surface area (Å²) < 4.78 is 5.14. The molecule has 0 heterocycles. The Morgan fingerprint density at radius 3 is 2.29 bits per heavy atom. The Morgan fingerprint density at radius 1 is 1.23 bits per heavy atom. The number of aliphatic hydroxyl groups is 1. The van der Waals surface area contributed by atoms with Crippen LogP contribution in [0.1, 0.15) is 66.9 Å². The molecule has 0 aromatic heterocycles. The van der Waals surface area contributed by atoms with Crippen LogP contribution in [0.5, 0.6) is 0 Å². The van der Waals surface area contributed by atoms with Crippen LogP contribution >= 0.6 is 11.6 Å². The summed E-state index contributed by atoms with van der Waals surface area (Å²) in [5, 5.41) is 15.0. The summed E-state index contributed by atoms with van der Waals surface area (Å²) in [6.07, 6.45) is 3.61. The number of benzene rings is 1. The molecule has 0 aliphatic rings. The second kappa shape index (κ2) is 16.3. The number of allylic oxidation sites excluding steroid dienone is 1. The highest BCUT2D eigenvalue weighted by atomic mass is 35.5. The maximum Gasteiger partial charge on any atom is 0.334 e. The van der Waals surface area contributed by atoms with Crippen molar-refractivity contribution in [2.24, 2.45) is 23.6 Å². The van der Waals surface area contributed by atoms with E-state index in [1.807, 2.05) is 40.7 Å². The molecule has 1 aromatic rings. The van der Waals surface area contributed by atoms with Crippen molar-refractivity contribution in [3.63, 3.8) is 0 Å². The Kier molecular flexibility index (Phi) is 15.2. The molecule has 8 heteroatoms. The first kappa shape index (κ1) is 32.7. The minimum atomic E-state index is -0.815. The van der Waals surface area contributed by atoms with Crippen LogP contribution in [-0.2, 0) is 14.3 Å². The summed E-state index contributed by atoms with van der Waals surface area (Å²) >= 11 is 6.45. The van der Waals surface area contributed by atoms with E-state index in [1.165, 1.54) is 19.0 Å². The van der Waals surface area contributed by atoms with Gasteiger partial charge in [0.15, 0.2) is 0 Å². The van der Waals surface area contributed by atoms with E-state index >= 15 is 0 Å². The van der Waals surface area contributed by atoms with Gasteiger partial charge in [-0.25, -0.2) is 10.6 Å². The molecule has 1 rings (SSSR count). The average Bonchev–Trinajstić information content (AvgIpc) is 2.81. The van der Waals surface area contributed by atoms with Gasteiger partial charge in [-0.05, 0) is 67.9 Å². The summed E-state index contributed by atoms with van der Waals surface area (Å²) in [6.45, 7) is 13.0. The lowest BCUT2D eigenvalue weighted by molar-refractivity contribution is -0.136. The van der Waals surface area contributed by atoms with Gasteiger partial charge in [0.1, 0.15) is 5.78 Å². The maximum atomic E-state index is 12.9. The van der Waals surface area contributed by atoms with Crippen LogP contribution in [-0.4, -0.2) is 37.1 Å². The molecule has 0 saturated heterocycles. The Bertz CT molecular complexity index is 883. The lowest BCUT2D eigenvalue weighted by Crippen LogP contribution is -2.31. The minimum Gasteiger partial charge on any atom is -0.466 e. The van der Waals surface area contributed by atoms with Crippen molar-refractivity contribution in [3.05, 3.63) is 46.8 Å². The van der Waals surface area contributed by atoms with E-state index in [9.17, 15) is 14.7 Å². The van der Waals surface area contributed by atoms with Crippen molar-refractivity contribution in [1.82, 2.24) is 5.32 Å². The number of Topliss-reactive ketones (excluding diaryl/α,β-unsaturated/α-hetero) is 1. The number of methoxy groups -OCH3 is 1. The predicted molar refractivity (Wildman–Crippen MR) is 146 cm³/mol. The molecule has 35 heavy (non-hydrogen) atoms. The third kappa shape index (κ3) is 9.67. The van der Waals surface area contributed by atoms with Gasteiger partial charge in [0.2, 0.25) is 0 Å². The van der Waals surface area contributed by atoms with E-state index in [0.717, 1.165) is 12.0 Å². The molecule has 4 unspecified atom stereocenters. The Labute approximate surface area is 216 Å². The van der Waals surface area contributed by atoms with Crippen LogP contribution < -0.4 is 16.2 Å². The third-order valence-electron chi connectivity index (χ3n) is 5.89. The molecular formula is C27H44ClN3O4. The van der Waals surface area contributed by atoms with Crippen molar-refractivity contribution >= 4 is 34.6 Å². The molecule has 0 bridgehead atoms. The van der Waals surface area contributed by atoms with Crippen LogP contribution in [0.2, 0.25) is 5.02 Å². The number of rotatable bonds is 12. The van der Waals surface area contributed by atoms with Crippen LogP contribution in [0, 0.1) is 17.8 Å². The van der Waals surface area contributed by atoms with Gasteiger partial charge in [-0.3, -0.25) is 9.80 Å². The monoisotopic (exact) mass is 509 g/mol. The summed E-state index contributed by atoms with van der Waals surface area (Å²) in [5.41, 5.74) is 2.60. The van der Waals surface area contributed by atoms with Gasteiger partial charge in [-0.2, -0.15) is 0 Å². The Balaban J connectivity index is 0.00000562. The highest BCUT2D eigenvalue weighted by Crippen LogP contribution is 2.37. The number of halogens is 1. The number of carbonyl (C=O) groups is 2. The molecule has 1 aromatic carbocycles. The molecule has 0 amide bonds. The molecule has 0 saturated carbocycles. The fraction of sp³-hybridized carbons (Fsp3) is 0.556. The van der Waals surface area contributed by atoms with Gasteiger partial charge < -0.3 is 15.2 Å². The molecular weight excluding hydrogens is 466 g/mol. The van der Waals surface area contributed by atoms with E-state index in [2.05, 4.69) is 5.32 Å². The van der Waals surface area contributed by atoms with Gasteiger partial charge >= 0.3 is 5.97 Å². The molecule has 198 valence electrons. The normalized spacial score (nSPS) is 15.2. The van der Waals surface area contributed by atoms with Crippen molar-refractivity contribution in [2.45, 2.75) is 67.4 Å². The first-order valence-electron chi connectivity index (χ1n) is 12.2. The van der Waals surface area contributed by atoms with Crippen LogP contribution in [0.25, 0.3) is 5.57 Å². The van der Waals surface area contributed by atoms with E-state index in [0.29, 0.717) is 28.3 Å². The molecule has 7 nitrogen and oxygen atoms in total. The van der Waals surface area contributed by atoms with Crippen molar-refractivity contribution in [2.75, 3.05) is 19.2 Å². The third-order valence-corrected chi connectivity index (χ3v) is 6.11. The van der Waals surface area contributed by atoms with Gasteiger partial charge in [-0.1, -0.05) is 46.2 Å². The van der Waals surface area contributed by atoms with Gasteiger partial charge in [-0.15, -0.1) is 0 Å². The number of esters is 1. The predicted octanol–water partition coefficient (Wildman–Crippen LogP) is 5.32. The molecule has 4 N–H and O–H groups in total. The smallest absolute Gasteiger partial charge is 0.334 e. The second-order valence-electron chi connectivity index (χ2n) is 8.46. The van der Waals surface area contributed by atoms with E-state index in [1.54, 1.807) is 38.5 Å². The van der Waals surface area contributed by atoms with E-state index in [4.69, 9.17) is 22.2 Å². The van der Waals surface area contributed by atoms with E-state index < -0.39 is 18.0 Å². The zero-order chi connectivity index (χ0) is 27.3. The van der Waals surface area contributed by atoms with Gasteiger partial charge in [0.25, 0.3) is 0 Å². The number of nitrogens with zero attached hydrogens (tertiary/aromatic N) is 1. The maximum absolute atomic E-state index is 12.9. The quantitative estimate of drug-likeness (QED) is 0.151. The number of aliphatic hydroxyl groups excluding tert-OH is 1. The Hall–Kier alpha value is -2.35. The summed E-state index contributed by atoms with van der Waals surface area (Å²) in [7, 11) is 3.12. The Morgan fingerprint density at radius 2 is 1.83 bits per heavy atom. The minimum absolute atomic E-state index is 0.0948. The van der Waals surface area contributed by atoms with Crippen LogP contribution in [0.3, 0.4) is 0 Å². The first-order valence-corrected chi connectivity index (χ1v) is 12.5. The van der Waals surface area contributed by atoms with Gasteiger partial charge in [0, 0.05) is 36.0 Å². The molecule has 0 spiro atoms. The first-order chi connectivity index (χ1) is 16.5.